The molecule has 72 valence electrons. The largest absolute Gasteiger partial charge is 0.240 e. The maximum atomic E-state index is 13.0. The molecular formula is C7H7BrFNO2S. The molecule has 0 fully saturated rings. The lowest BCUT2D eigenvalue weighted by Gasteiger charge is -2.02. The first-order valence-electron chi connectivity index (χ1n) is 3.92. The Bertz CT molecular complexity index is 437. The lowest BCUT2D eigenvalue weighted by Crippen LogP contribution is -2.18. The van der Waals surface area contributed by atoms with Gasteiger partial charge in [0.2, 0.25) is 10.0 Å². The summed E-state index contributed by atoms with van der Waals surface area (Å²) in [6.45, 7) is 0. The molecule has 0 aliphatic carbocycles. The maximum absolute atomic E-state index is 13.0. The summed E-state index contributed by atoms with van der Waals surface area (Å²) < 4.78 is 44.4. The fourth-order valence-electron chi connectivity index (χ4n) is 0.727. The van der Waals surface area contributed by atoms with Crippen LogP contribution in [0, 0.1) is 5.82 Å². The molecule has 0 spiro atoms. The molecule has 0 heterocycles. The van der Waals surface area contributed by atoms with Crippen LogP contribution in [-0.2, 0) is 10.0 Å². The lowest BCUT2D eigenvalue weighted by atomic mass is 10.3. The second-order valence-electron chi connectivity index (χ2n) is 2.22. The minimum atomic E-state index is -3.75. The summed E-state index contributed by atoms with van der Waals surface area (Å²) in [6.07, 6.45) is 0. The fourth-order valence-corrected chi connectivity index (χ4v) is 1.65. The molecule has 0 aliphatic heterocycles. The van der Waals surface area contributed by atoms with Gasteiger partial charge in [-0.3, -0.25) is 0 Å². The highest BCUT2D eigenvalue weighted by atomic mass is 79.9. The topological polar surface area (TPSA) is 46.2 Å². The molecule has 1 N–H and O–H groups in total. The third-order valence-electron chi connectivity index (χ3n) is 1.39. The minimum absolute atomic E-state index is 0.189. The number of sulfonamides is 1. The predicted molar refractivity (Wildman–Crippen MR) is 50.3 cm³/mol. The van der Waals surface area contributed by atoms with Crippen LogP contribution in [0.5, 0.6) is 0 Å². The number of nitrogens with one attached hydrogen (secondary N) is 1. The Morgan fingerprint density at radius 1 is 1.62 bits per heavy atom. The van der Waals surface area contributed by atoms with Crippen molar-refractivity contribution in [3.63, 3.8) is 0 Å². The monoisotopic (exact) mass is 268 g/mol. The molecule has 0 bridgehead atoms. The zero-order valence-corrected chi connectivity index (χ0v) is 8.82. The van der Waals surface area contributed by atoms with Gasteiger partial charge in [-0.1, -0.05) is 0 Å². The van der Waals surface area contributed by atoms with E-state index < -0.39 is 22.9 Å². The van der Waals surface area contributed by atoms with Crippen molar-refractivity contribution in [3.05, 3.63) is 28.5 Å². The Morgan fingerprint density at radius 2 is 2.31 bits per heavy atom. The third kappa shape index (κ3) is 2.26. The van der Waals surface area contributed by atoms with E-state index in [0.29, 0.717) is 0 Å². The number of hydrogen-bond donors (Lipinski definition) is 1. The molecular weight excluding hydrogens is 261 g/mol. The third-order valence-corrected chi connectivity index (χ3v) is 3.29. The molecule has 1 rings (SSSR count). The first-order chi connectivity index (χ1) is 6.47. The van der Waals surface area contributed by atoms with Gasteiger partial charge in [0.25, 0.3) is 0 Å². The molecule has 0 radical (unpaired) electrons. The standard InChI is InChI=1S/C7H7BrFNO2S/c1-10-13(11,12)5-2-3-6(8)7(9)4-5/h2-4,10H,1H3/i1D. The van der Waals surface area contributed by atoms with Crippen molar-refractivity contribution < 1.29 is 14.2 Å². The summed E-state index contributed by atoms with van der Waals surface area (Å²) in [5, 5.41) is 0. The summed E-state index contributed by atoms with van der Waals surface area (Å²) in [4.78, 5) is -0.189. The summed E-state index contributed by atoms with van der Waals surface area (Å²) >= 11 is 2.91. The number of hydrogen-bond acceptors (Lipinski definition) is 2. The van der Waals surface area contributed by atoms with E-state index in [1.165, 1.54) is 12.1 Å². The van der Waals surface area contributed by atoms with Gasteiger partial charge in [0.15, 0.2) is 0 Å². The highest BCUT2D eigenvalue weighted by molar-refractivity contribution is 9.10. The molecule has 1 aromatic carbocycles. The minimum Gasteiger partial charge on any atom is -0.214 e. The molecule has 0 amide bonds. The number of rotatable bonds is 2. The normalized spacial score (nSPS) is 12.6. The van der Waals surface area contributed by atoms with Crippen molar-refractivity contribution in [1.82, 2.24) is 4.72 Å². The van der Waals surface area contributed by atoms with Crippen molar-refractivity contribution in [1.29, 1.82) is 0 Å². The van der Waals surface area contributed by atoms with Gasteiger partial charge < -0.3 is 0 Å². The highest BCUT2D eigenvalue weighted by Gasteiger charge is 2.12. The van der Waals surface area contributed by atoms with Gasteiger partial charge in [-0.25, -0.2) is 17.5 Å². The number of benzene rings is 1. The van der Waals surface area contributed by atoms with E-state index in [1.807, 2.05) is 4.72 Å². The van der Waals surface area contributed by atoms with Gasteiger partial charge in [-0.05, 0) is 41.2 Å². The predicted octanol–water partition coefficient (Wildman–Crippen LogP) is 1.50. The Morgan fingerprint density at radius 3 is 2.85 bits per heavy atom. The first-order valence-corrected chi connectivity index (χ1v) is 5.49. The van der Waals surface area contributed by atoms with Crippen LogP contribution in [-0.4, -0.2) is 15.4 Å². The van der Waals surface area contributed by atoms with Gasteiger partial charge in [0.1, 0.15) is 5.82 Å². The second kappa shape index (κ2) is 3.73. The number of halogens is 2. The molecule has 3 nitrogen and oxygen atoms in total. The average Bonchev–Trinajstić information content (AvgIpc) is 2.09. The smallest absolute Gasteiger partial charge is 0.214 e. The average molecular weight is 269 g/mol. The molecule has 0 atom stereocenters. The van der Waals surface area contributed by atoms with Crippen molar-refractivity contribution in [3.8, 4) is 0 Å². The Balaban J connectivity index is 3.15. The van der Waals surface area contributed by atoms with E-state index in [-0.39, 0.29) is 9.37 Å². The lowest BCUT2D eigenvalue weighted by molar-refractivity contribution is 0.583. The van der Waals surface area contributed by atoms with Gasteiger partial charge in [0.05, 0.1) is 9.37 Å². The van der Waals surface area contributed by atoms with Crippen molar-refractivity contribution in [2.24, 2.45) is 0 Å². The summed E-state index contributed by atoms with van der Waals surface area (Å²) in [6, 6.07) is 3.45. The molecule has 6 heteroatoms. The molecule has 13 heavy (non-hydrogen) atoms. The van der Waals surface area contributed by atoms with E-state index in [1.54, 1.807) is 0 Å². The first kappa shape index (κ1) is 9.11. The van der Waals surface area contributed by atoms with E-state index in [9.17, 15) is 12.8 Å². The highest BCUT2D eigenvalue weighted by Crippen LogP contribution is 2.18. The Kier molecular flexibility index (Phi) is 2.61. The van der Waals surface area contributed by atoms with Crippen molar-refractivity contribution in [2.75, 3.05) is 7.02 Å². The SMILES string of the molecule is [2H]CNS(=O)(=O)c1ccc(Br)c(F)c1. The van der Waals surface area contributed by atoms with Crippen LogP contribution in [0.3, 0.4) is 0 Å². The second-order valence-corrected chi connectivity index (χ2v) is 4.84. The zero-order chi connectivity index (χ0) is 10.8. The van der Waals surface area contributed by atoms with Crippen LogP contribution in [0.4, 0.5) is 4.39 Å². The van der Waals surface area contributed by atoms with Crippen molar-refractivity contribution >= 4 is 26.0 Å². The molecule has 0 saturated carbocycles. The van der Waals surface area contributed by atoms with E-state index in [2.05, 4.69) is 15.9 Å². The summed E-state index contributed by atoms with van der Waals surface area (Å²) in [7, 11) is -4.22. The Labute approximate surface area is 85.5 Å². The van der Waals surface area contributed by atoms with Crippen LogP contribution >= 0.6 is 15.9 Å². The summed E-state index contributed by atoms with van der Waals surface area (Å²) in [5.41, 5.74) is 0. The van der Waals surface area contributed by atoms with E-state index >= 15 is 0 Å². The molecule has 0 saturated heterocycles. The molecule has 0 unspecified atom stereocenters. The van der Waals surface area contributed by atoms with Gasteiger partial charge in [0, 0.05) is 1.37 Å². The van der Waals surface area contributed by atoms with Crippen LogP contribution in [0.2, 0.25) is 0 Å². The molecule has 0 aromatic heterocycles. The molecule has 1 aromatic rings. The van der Waals surface area contributed by atoms with E-state index in [0.717, 1.165) is 6.07 Å². The Hall–Kier alpha value is -0.460. The van der Waals surface area contributed by atoms with Gasteiger partial charge >= 0.3 is 0 Å². The zero-order valence-electron chi connectivity index (χ0n) is 7.42. The quantitative estimate of drug-likeness (QED) is 0.884. The molecule has 0 aliphatic rings. The van der Waals surface area contributed by atoms with Crippen molar-refractivity contribution in [2.45, 2.75) is 4.90 Å². The maximum Gasteiger partial charge on any atom is 0.240 e. The van der Waals surface area contributed by atoms with Gasteiger partial charge in [-0.15, -0.1) is 0 Å². The van der Waals surface area contributed by atoms with Gasteiger partial charge in [-0.2, -0.15) is 0 Å². The fraction of sp³-hybridized carbons (Fsp3) is 0.143. The van der Waals surface area contributed by atoms with Crippen LogP contribution in [0.25, 0.3) is 0 Å². The van der Waals surface area contributed by atoms with E-state index in [4.69, 9.17) is 1.37 Å². The van der Waals surface area contributed by atoms with Crippen LogP contribution in [0.15, 0.2) is 27.6 Å². The summed E-state index contributed by atoms with van der Waals surface area (Å²) in [5.74, 6) is -0.655. The van der Waals surface area contributed by atoms with Crippen LogP contribution in [0.1, 0.15) is 1.37 Å². The van der Waals surface area contributed by atoms with Crippen LogP contribution < -0.4 is 4.72 Å².